The summed E-state index contributed by atoms with van der Waals surface area (Å²) in [6, 6.07) is 11.8. The van der Waals surface area contributed by atoms with E-state index in [4.69, 9.17) is 4.74 Å². The highest BCUT2D eigenvalue weighted by Gasteiger charge is 2.47. The number of carbonyl (C=O) groups excluding carboxylic acids is 7. The summed E-state index contributed by atoms with van der Waals surface area (Å²) in [5.41, 5.74) is 4.63. The smallest absolute Gasteiger partial charge is 0.410 e. The Bertz CT molecular complexity index is 2310. The maximum absolute atomic E-state index is 13.0. The number of hydrogen-bond donors (Lipinski definition) is 3. The SMILES string of the molecule is CC(=O)N1CCC[C@H]1C(=O)N1CCC[C@H]1C(=O)N1CCC[C@H]1C(=O)O.CC(=O)N1CCC[C@H]1C(=O)N1CCC[C@H]1C(=O)N1CCC[C@H]1C(=O)O.O=C(O)[C@@H]1CCCN1C(=O)OCC1c2ccccc2-c2ccccc21. The highest BCUT2D eigenvalue weighted by molar-refractivity contribution is 5.95. The van der Waals surface area contributed by atoms with Gasteiger partial charge in [0.1, 0.15) is 48.9 Å². The van der Waals surface area contributed by atoms with E-state index in [1.54, 1.807) is 19.6 Å². The molecule has 7 atom stereocenters. The first-order valence-corrected chi connectivity index (χ1v) is 26.6. The molecule has 10 rings (SSSR count). The molecule has 7 aliphatic heterocycles. The lowest BCUT2D eigenvalue weighted by atomic mass is 9.98. The van der Waals surface area contributed by atoms with E-state index >= 15 is 0 Å². The van der Waals surface area contributed by atoms with Crippen LogP contribution in [0.5, 0.6) is 0 Å². The van der Waals surface area contributed by atoms with Crippen LogP contribution in [0, 0.1) is 0 Å². The standard InChI is InChI=1S/C20H19NO4.2C17H25N3O5/c22-19(23)18-10-5-11-21(18)20(24)25-12-17-15-8-3-1-6-13(15)14-7-2-4-9-16(14)17;2*1-11(21)18-8-2-5-12(18)15(22)19-9-3-6-13(19)16(23)20-10-4-7-14(20)17(24)25/h1-4,6-9,17-18H,5,10-12H2,(H,22,23);2*12-14H,2-10H2,1H3,(H,24,25)/t18-;2*12-,13-,14-/m000/s1. The molecule has 0 unspecified atom stereocenters. The van der Waals surface area contributed by atoms with E-state index in [0.717, 1.165) is 36.8 Å². The zero-order valence-corrected chi connectivity index (χ0v) is 42.8. The van der Waals surface area contributed by atoms with Crippen LogP contribution in [0.25, 0.3) is 11.1 Å². The third kappa shape index (κ3) is 11.3. The van der Waals surface area contributed by atoms with Crippen LogP contribution in [0.15, 0.2) is 48.5 Å². The maximum atomic E-state index is 13.0. The van der Waals surface area contributed by atoms with Crippen LogP contribution >= 0.6 is 0 Å². The second-order valence-electron chi connectivity index (χ2n) is 20.7. The fourth-order valence-corrected chi connectivity index (χ4v) is 12.6. The van der Waals surface area contributed by atoms with E-state index in [-0.39, 0.29) is 48.0 Å². The Labute approximate surface area is 435 Å². The van der Waals surface area contributed by atoms with Crippen molar-refractivity contribution in [2.24, 2.45) is 0 Å². The summed E-state index contributed by atoms with van der Waals surface area (Å²) >= 11 is 0. The van der Waals surface area contributed by atoms with Gasteiger partial charge in [-0.25, -0.2) is 19.2 Å². The number of carbonyl (C=O) groups is 10. The molecule has 7 fully saturated rings. The second kappa shape index (κ2) is 23.6. The maximum Gasteiger partial charge on any atom is 0.410 e. The predicted molar refractivity (Wildman–Crippen MR) is 267 cm³/mol. The van der Waals surface area contributed by atoms with Gasteiger partial charge in [0.15, 0.2) is 0 Å². The third-order valence-electron chi connectivity index (χ3n) is 16.3. The second-order valence-corrected chi connectivity index (χ2v) is 20.7. The quantitative estimate of drug-likeness (QED) is 0.324. The molecule has 7 amide bonds. The number of nitrogens with zero attached hydrogens (tertiary/aromatic N) is 7. The van der Waals surface area contributed by atoms with Gasteiger partial charge in [0.2, 0.25) is 35.4 Å². The monoisotopic (exact) mass is 1040 g/mol. The zero-order valence-electron chi connectivity index (χ0n) is 42.8. The number of benzene rings is 2. The summed E-state index contributed by atoms with van der Waals surface area (Å²) in [4.78, 5) is 132. The number of fused-ring (bicyclic) bond motifs is 3. The minimum Gasteiger partial charge on any atom is -0.480 e. The van der Waals surface area contributed by atoms with Gasteiger partial charge in [-0.15, -0.1) is 0 Å². The van der Waals surface area contributed by atoms with Crippen molar-refractivity contribution < 1.29 is 68.0 Å². The van der Waals surface area contributed by atoms with Gasteiger partial charge in [-0.3, -0.25) is 33.7 Å². The lowest BCUT2D eigenvalue weighted by Gasteiger charge is -2.33. The first kappa shape index (κ1) is 54.2. The van der Waals surface area contributed by atoms with Crippen molar-refractivity contribution in [1.82, 2.24) is 34.3 Å². The average molecular weight is 1040 g/mol. The molecule has 8 aliphatic rings. The van der Waals surface area contributed by atoms with Crippen molar-refractivity contribution in [1.29, 1.82) is 0 Å². The minimum absolute atomic E-state index is 0.0118. The predicted octanol–water partition coefficient (Wildman–Crippen LogP) is 3.61. The Morgan fingerprint density at radius 2 is 0.667 bits per heavy atom. The molecule has 75 heavy (non-hydrogen) atoms. The largest absolute Gasteiger partial charge is 0.480 e. The zero-order chi connectivity index (χ0) is 53.7. The minimum atomic E-state index is -0.986. The molecular weight excluding hydrogens is 971 g/mol. The molecule has 2 aromatic carbocycles. The molecule has 1 aliphatic carbocycles. The van der Waals surface area contributed by atoms with E-state index in [1.807, 2.05) is 24.3 Å². The van der Waals surface area contributed by atoms with Crippen molar-refractivity contribution in [2.75, 3.05) is 52.4 Å². The average Bonchev–Trinajstić information content (AvgIpc) is 4.26. The number of likely N-dealkylation sites (tertiary alicyclic amines) is 7. The molecule has 404 valence electrons. The molecule has 0 bridgehead atoms. The van der Waals surface area contributed by atoms with E-state index in [9.17, 15) is 63.3 Å². The van der Waals surface area contributed by atoms with Crippen molar-refractivity contribution in [3.63, 3.8) is 0 Å². The molecule has 2 aromatic rings. The van der Waals surface area contributed by atoms with Crippen LogP contribution in [-0.2, 0) is 47.9 Å². The summed E-state index contributed by atoms with van der Waals surface area (Å²) in [6.45, 7) is 6.56. The lowest BCUT2D eigenvalue weighted by molar-refractivity contribution is -0.153. The van der Waals surface area contributed by atoms with Crippen molar-refractivity contribution in [3.05, 3.63) is 59.7 Å². The van der Waals surface area contributed by atoms with Crippen LogP contribution < -0.4 is 0 Å². The van der Waals surface area contributed by atoms with Gasteiger partial charge in [0.05, 0.1) is 0 Å². The van der Waals surface area contributed by atoms with Gasteiger partial charge >= 0.3 is 24.0 Å². The van der Waals surface area contributed by atoms with Gasteiger partial charge in [-0.2, -0.15) is 0 Å². The molecule has 0 saturated carbocycles. The highest BCUT2D eigenvalue weighted by Crippen LogP contribution is 2.44. The van der Waals surface area contributed by atoms with Crippen LogP contribution in [0.4, 0.5) is 4.79 Å². The number of rotatable bonds is 9. The highest BCUT2D eigenvalue weighted by atomic mass is 16.6. The molecule has 0 spiro atoms. The van der Waals surface area contributed by atoms with Crippen LogP contribution in [-0.4, -0.2) is 204 Å². The molecule has 7 heterocycles. The fraction of sp³-hybridized carbons (Fsp3) is 0.593. The molecule has 21 nitrogen and oxygen atoms in total. The van der Waals surface area contributed by atoms with Gasteiger partial charge in [-0.05, 0) is 112 Å². The summed E-state index contributed by atoms with van der Waals surface area (Å²) in [6.07, 6.45) is 8.29. The van der Waals surface area contributed by atoms with Gasteiger partial charge in [0.25, 0.3) is 0 Å². The van der Waals surface area contributed by atoms with Gasteiger partial charge in [-0.1, -0.05) is 48.5 Å². The number of amides is 7. The van der Waals surface area contributed by atoms with Gasteiger partial charge in [0, 0.05) is 65.6 Å². The Morgan fingerprint density at radius 1 is 0.400 bits per heavy atom. The first-order valence-electron chi connectivity index (χ1n) is 26.6. The van der Waals surface area contributed by atoms with E-state index in [0.29, 0.717) is 110 Å². The summed E-state index contributed by atoms with van der Waals surface area (Å²) in [7, 11) is 0. The Balaban J connectivity index is 0.000000149. The number of carboxylic acids is 3. The van der Waals surface area contributed by atoms with E-state index in [1.165, 1.54) is 39.7 Å². The molecule has 21 heteroatoms. The van der Waals surface area contributed by atoms with E-state index in [2.05, 4.69) is 24.3 Å². The van der Waals surface area contributed by atoms with Crippen LogP contribution in [0.3, 0.4) is 0 Å². The fourth-order valence-electron chi connectivity index (χ4n) is 12.6. The number of carboxylic acid groups (broad SMARTS) is 3. The van der Waals surface area contributed by atoms with Crippen molar-refractivity contribution in [2.45, 2.75) is 152 Å². The molecule has 3 N–H and O–H groups in total. The molecule has 0 aromatic heterocycles. The Kier molecular flexibility index (Phi) is 17.1. The summed E-state index contributed by atoms with van der Waals surface area (Å²) in [5, 5.41) is 27.8. The van der Waals surface area contributed by atoms with Crippen molar-refractivity contribution in [3.8, 4) is 11.1 Å². The molecule has 7 saturated heterocycles. The number of aliphatic carboxylic acids is 3. The van der Waals surface area contributed by atoms with Crippen LogP contribution in [0.1, 0.15) is 121 Å². The molecular formula is C54H69N7O14. The Hall–Kier alpha value is -7.06. The summed E-state index contributed by atoms with van der Waals surface area (Å²) < 4.78 is 5.53. The topological polar surface area (TPSA) is 263 Å². The summed E-state index contributed by atoms with van der Waals surface area (Å²) in [5.74, 6) is -4.06. The van der Waals surface area contributed by atoms with Gasteiger partial charge < -0.3 is 49.5 Å². The van der Waals surface area contributed by atoms with E-state index < -0.39 is 66.3 Å². The number of hydrogen-bond acceptors (Lipinski definition) is 11. The lowest BCUT2D eigenvalue weighted by Crippen LogP contribution is -2.54. The van der Waals surface area contributed by atoms with Crippen molar-refractivity contribution >= 4 is 59.4 Å². The first-order chi connectivity index (χ1) is 36.0. The molecule has 0 radical (unpaired) electrons. The number of ether oxygens (including phenoxy) is 1. The van der Waals surface area contributed by atoms with Crippen LogP contribution in [0.2, 0.25) is 0 Å². The Morgan fingerprint density at radius 3 is 1.00 bits per heavy atom. The normalized spacial score (nSPS) is 25.8. The third-order valence-corrected chi connectivity index (χ3v) is 16.3.